The van der Waals surface area contributed by atoms with Crippen LogP contribution in [0.4, 0.5) is 0 Å². The molecule has 3 N–H and O–H groups in total. The lowest BCUT2D eigenvalue weighted by Gasteiger charge is -2.09. The number of nitrogens with zero attached hydrogens (tertiary/aromatic N) is 3. The van der Waals surface area contributed by atoms with Crippen LogP contribution < -0.4 is 11.1 Å². The van der Waals surface area contributed by atoms with E-state index in [1.54, 1.807) is 6.92 Å². The van der Waals surface area contributed by atoms with Gasteiger partial charge in [-0.2, -0.15) is 4.98 Å². The number of aromatic nitrogens is 2. The number of rotatable bonds is 4. The van der Waals surface area contributed by atoms with Crippen LogP contribution in [0.3, 0.4) is 0 Å². The van der Waals surface area contributed by atoms with Gasteiger partial charge in [0.15, 0.2) is 11.8 Å². The minimum absolute atomic E-state index is 0. The lowest BCUT2D eigenvalue weighted by atomic mass is 10.2. The van der Waals surface area contributed by atoms with Gasteiger partial charge in [-0.3, -0.25) is 4.99 Å². The molecule has 7 nitrogen and oxygen atoms in total. The molecule has 1 aliphatic heterocycles. The predicted octanol–water partition coefficient (Wildman–Crippen LogP) is 1.28. The Morgan fingerprint density at radius 1 is 1.40 bits per heavy atom. The molecule has 2 atom stereocenters. The molecule has 1 aromatic heterocycles. The van der Waals surface area contributed by atoms with Crippen molar-refractivity contribution in [1.82, 2.24) is 15.5 Å². The van der Waals surface area contributed by atoms with Crippen molar-refractivity contribution in [2.24, 2.45) is 10.7 Å². The smallest absolute Gasteiger partial charge is 0.255 e. The van der Waals surface area contributed by atoms with E-state index in [1.165, 1.54) is 12.8 Å². The van der Waals surface area contributed by atoms with Crippen LogP contribution in [0.1, 0.15) is 43.5 Å². The number of nitrogens with two attached hydrogens (primary N) is 1. The van der Waals surface area contributed by atoms with E-state index in [4.69, 9.17) is 15.0 Å². The first kappa shape index (κ1) is 15.5. The van der Waals surface area contributed by atoms with Crippen LogP contribution in [0.25, 0.3) is 0 Å². The maximum Gasteiger partial charge on any atom is 0.255 e. The number of hydrogen-bond acceptors (Lipinski definition) is 5. The van der Waals surface area contributed by atoms with Crippen LogP contribution in [0, 0.1) is 6.92 Å². The number of aryl methyl sites for hydroxylation is 1. The number of nitrogens with one attached hydrogen (secondary N) is 1. The van der Waals surface area contributed by atoms with Crippen LogP contribution in [0.2, 0.25) is 0 Å². The van der Waals surface area contributed by atoms with Gasteiger partial charge < -0.3 is 20.3 Å². The van der Waals surface area contributed by atoms with E-state index in [1.807, 2.05) is 0 Å². The largest absolute Gasteiger partial charge is 0.370 e. The average Bonchev–Trinajstić information content (AvgIpc) is 2.91. The monoisotopic (exact) mass is 393 g/mol. The summed E-state index contributed by atoms with van der Waals surface area (Å²) in [5.41, 5.74) is 5.78. The fraction of sp³-hybridized carbons (Fsp3) is 0.750. The molecule has 2 heterocycles. The molecule has 2 aliphatic rings. The quantitative estimate of drug-likeness (QED) is 0.455. The molecule has 0 aromatic carbocycles. The van der Waals surface area contributed by atoms with Crippen molar-refractivity contribution in [2.45, 2.75) is 50.9 Å². The Labute approximate surface area is 134 Å². The highest BCUT2D eigenvalue weighted by molar-refractivity contribution is 14.0. The van der Waals surface area contributed by atoms with E-state index in [-0.39, 0.29) is 36.2 Å². The lowest BCUT2D eigenvalue weighted by molar-refractivity contribution is 0.0309. The highest BCUT2D eigenvalue weighted by Gasteiger charge is 2.30. The third-order valence-corrected chi connectivity index (χ3v) is 3.32. The highest BCUT2D eigenvalue weighted by Crippen LogP contribution is 2.31. The highest BCUT2D eigenvalue weighted by atomic mass is 127. The average molecular weight is 393 g/mol. The molecule has 1 aromatic rings. The molecule has 0 spiro atoms. The third-order valence-electron chi connectivity index (χ3n) is 3.32. The Morgan fingerprint density at radius 2 is 2.20 bits per heavy atom. The Hall–Kier alpha value is -0.900. The molecule has 0 radical (unpaired) electrons. The zero-order chi connectivity index (χ0) is 13.2. The Kier molecular flexibility index (Phi) is 5.19. The molecule has 2 fully saturated rings. The minimum Gasteiger partial charge on any atom is -0.370 e. The summed E-state index contributed by atoms with van der Waals surface area (Å²) in [6, 6.07) is 0.530. The number of hydrogen-bond donors (Lipinski definition) is 2. The van der Waals surface area contributed by atoms with Crippen LogP contribution in [-0.2, 0) is 4.74 Å². The topological polar surface area (TPSA) is 98.6 Å². The van der Waals surface area contributed by atoms with E-state index < -0.39 is 0 Å². The number of halogens is 1. The van der Waals surface area contributed by atoms with Gasteiger partial charge in [0.1, 0.15) is 6.10 Å². The third kappa shape index (κ3) is 4.05. The number of aliphatic imine (C=N–C) groups is 1. The summed E-state index contributed by atoms with van der Waals surface area (Å²) in [6.45, 7) is 2.38. The van der Waals surface area contributed by atoms with Gasteiger partial charge in [0, 0.05) is 6.04 Å². The summed E-state index contributed by atoms with van der Waals surface area (Å²) in [7, 11) is 0. The van der Waals surface area contributed by atoms with Crippen molar-refractivity contribution in [3.05, 3.63) is 11.7 Å². The SMILES string of the molecule is Cc1noc([C@@H]2CC[C@H](CN=C(N)NC3CC3)O2)n1.I. The van der Waals surface area contributed by atoms with Gasteiger partial charge in [0.2, 0.25) is 0 Å². The molecule has 0 bridgehead atoms. The Morgan fingerprint density at radius 3 is 2.85 bits per heavy atom. The van der Waals surface area contributed by atoms with Crippen molar-refractivity contribution in [2.75, 3.05) is 6.54 Å². The van der Waals surface area contributed by atoms with Gasteiger partial charge in [-0.05, 0) is 32.6 Å². The van der Waals surface area contributed by atoms with E-state index >= 15 is 0 Å². The zero-order valence-electron chi connectivity index (χ0n) is 11.4. The summed E-state index contributed by atoms with van der Waals surface area (Å²) in [4.78, 5) is 8.51. The van der Waals surface area contributed by atoms with Gasteiger partial charge in [0.05, 0.1) is 12.6 Å². The summed E-state index contributed by atoms with van der Waals surface area (Å²) >= 11 is 0. The fourth-order valence-corrected chi connectivity index (χ4v) is 2.15. The van der Waals surface area contributed by atoms with Crippen molar-refractivity contribution in [1.29, 1.82) is 0 Å². The molecule has 8 heteroatoms. The summed E-state index contributed by atoms with van der Waals surface area (Å²) in [6.07, 6.45) is 4.18. The first-order valence-corrected chi connectivity index (χ1v) is 6.73. The van der Waals surface area contributed by atoms with E-state index in [0.717, 1.165) is 12.8 Å². The second-order valence-corrected chi connectivity index (χ2v) is 5.15. The summed E-state index contributed by atoms with van der Waals surface area (Å²) in [5.74, 6) is 1.72. The summed E-state index contributed by atoms with van der Waals surface area (Å²) < 4.78 is 11.0. The van der Waals surface area contributed by atoms with Gasteiger partial charge in [-0.1, -0.05) is 5.16 Å². The Bertz CT molecular complexity index is 474. The van der Waals surface area contributed by atoms with Crippen LogP contribution in [0.15, 0.2) is 9.52 Å². The van der Waals surface area contributed by atoms with Gasteiger partial charge >= 0.3 is 0 Å². The zero-order valence-corrected chi connectivity index (χ0v) is 13.7. The number of guanidine groups is 1. The molecule has 112 valence electrons. The lowest BCUT2D eigenvalue weighted by Crippen LogP contribution is -2.34. The predicted molar refractivity (Wildman–Crippen MR) is 83.9 cm³/mol. The van der Waals surface area contributed by atoms with Crippen LogP contribution in [-0.4, -0.2) is 34.8 Å². The van der Waals surface area contributed by atoms with E-state index in [9.17, 15) is 0 Å². The first-order chi connectivity index (χ1) is 9.20. The van der Waals surface area contributed by atoms with Gasteiger partial charge in [-0.25, -0.2) is 0 Å². The molecule has 20 heavy (non-hydrogen) atoms. The van der Waals surface area contributed by atoms with Crippen molar-refractivity contribution >= 4 is 29.9 Å². The van der Waals surface area contributed by atoms with E-state index in [0.29, 0.717) is 30.3 Å². The second kappa shape index (κ2) is 6.70. The molecule has 1 saturated carbocycles. The molecule has 0 amide bonds. The van der Waals surface area contributed by atoms with Crippen molar-refractivity contribution in [3.8, 4) is 0 Å². The maximum atomic E-state index is 5.85. The van der Waals surface area contributed by atoms with Crippen LogP contribution >= 0.6 is 24.0 Å². The maximum absolute atomic E-state index is 5.85. The number of ether oxygens (including phenoxy) is 1. The second-order valence-electron chi connectivity index (χ2n) is 5.15. The van der Waals surface area contributed by atoms with Gasteiger partial charge in [-0.15, -0.1) is 24.0 Å². The van der Waals surface area contributed by atoms with Crippen LogP contribution in [0.5, 0.6) is 0 Å². The molecular formula is C12H20IN5O2. The minimum atomic E-state index is -0.0981. The normalized spacial score (nSPS) is 26.4. The molecule has 0 unspecified atom stereocenters. The molecule has 1 aliphatic carbocycles. The molecular weight excluding hydrogens is 373 g/mol. The summed E-state index contributed by atoms with van der Waals surface area (Å²) in [5, 5.41) is 6.93. The van der Waals surface area contributed by atoms with E-state index in [2.05, 4.69) is 20.4 Å². The molecule has 3 rings (SSSR count). The Balaban J connectivity index is 0.00000147. The van der Waals surface area contributed by atoms with Gasteiger partial charge in [0.25, 0.3) is 5.89 Å². The standard InChI is InChI=1S/C12H19N5O2.HI/c1-7-15-11(19-17-7)10-5-4-9(18-10)6-14-12(13)16-8-2-3-8;/h8-10H,2-6H2,1H3,(H3,13,14,16);1H/t9-,10+;/m1./s1. The van der Waals surface area contributed by atoms with Crippen molar-refractivity contribution < 1.29 is 9.26 Å². The fourth-order valence-electron chi connectivity index (χ4n) is 2.15. The van der Waals surface area contributed by atoms with Crippen molar-refractivity contribution in [3.63, 3.8) is 0 Å². The first-order valence-electron chi connectivity index (χ1n) is 6.73. The molecule has 1 saturated heterocycles.